The molecule has 2 fully saturated rings. The highest BCUT2D eigenvalue weighted by Crippen LogP contribution is 2.33. The number of carbonyl (C=O) groups is 2. The van der Waals surface area contributed by atoms with E-state index in [0.717, 1.165) is 18.6 Å². The van der Waals surface area contributed by atoms with Crippen molar-refractivity contribution in [1.82, 2.24) is 4.90 Å². The van der Waals surface area contributed by atoms with E-state index >= 15 is 0 Å². The van der Waals surface area contributed by atoms with Gasteiger partial charge in [-0.05, 0) is 30.5 Å². The zero-order valence-corrected chi connectivity index (χ0v) is 14.8. The fourth-order valence-corrected chi connectivity index (χ4v) is 3.44. The molecule has 0 radical (unpaired) electrons. The first kappa shape index (κ1) is 19.6. The van der Waals surface area contributed by atoms with Gasteiger partial charge in [-0.1, -0.05) is 6.92 Å². The second-order valence-electron chi connectivity index (χ2n) is 7.03. The lowest BCUT2D eigenvalue weighted by Crippen LogP contribution is -2.38. The Bertz CT molecular complexity index is 688. The Balaban J connectivity index is 0.00000225. The fourth-order valence-electron chi connectivity index (χ4n) is 3.44. The molecule has 0 saturated carbocycles. The van der Waals surface area contributed by atoms with Gasteiger partial charge in [0, 0.05) is 32.1 Å². The SMILES string of the molecule is CC1(CN)CCN(C(=O)C2CC(=O)N(c3ccc(F)cc3F)C2)C1.Cl. The second kappa shape index (κ2) is 7.25. The smallest absolute Gasteiger partial charge is 0.228 e. The third kappa shape index (κ3) is 3.77. The van der Waals surface area contributed by atoms with Crippen LogP contribution in [-0.4, -0.2) is 42.9 Å². The third-order valence-electron chi connectivity index (χ3n) is 5.04. The summed E-state index contributed by atoms with van der Waals surface area (Å²) >= 11 is 0. The molecule has 25 heavy (non-hydrogen) atoms. The molecular formula is C17H22ClF2N3O2. The van der Waals surface area contributed by atoms with Gasteiger partial charge in [0.05, 0.1) is 11.6 Å². The summed E-state index contributed by atoms with van der Waals surface area (Å²) in [6.07, 6.45) is 0.887. The van der Waals surface area contributed by atoms with Crippen LogP contribution in [0.2, 0.25) is 0 Å². The van der Waals surface area contributed by atoms with E-state index in [2.05, 4.69) is 0 Å². The van der Waals surface area contributed by atoms with Crippen LogP contribution in [0.25, 0.3) is 0 Å². The van der Waals surface area contributed by atoms with Crippen molar-refractivity contribution in [3.63, 3.8) is 0 Å². The van der Waals surface area contributed by atoms with Crippen LogP contribution in [-0.2, 0) is 9.59 Å². The molecule has 1 aromatic rings. The van der Waals surface area contributed by atoms with Gasteiger partial charge >= 0.3 is 0 Å². The van der Waals surface area contributed by atoms with E-state index in [0.29, 0.717) is 19.6 Å². The van der Waals surface area contributed by atoms with E-state index < -0.39 is 17.6 Å². The molecule has 2 atom stereocenters. The molecule has 0 aliphatic carbocycles. The molecule has 2 heterocycles. The number of nitrogens with zero attached hydrogens (tertiary/aromatic N) is 2. The first-order valence-electron chi connectivity index (χ1n) is 8.07. The molecule has 0 spiro atoms. The maximum atomic E-state index is 13.9. The van der Waals surface area contributed by atoms with Gasteiger partial charge in [0.1, 0.15) is 11.6 Å². The molecule has 2 N–H and O–H groups in total. The van der Waals surface area contributed by atoms with Crippen LogP contribution in [0, 0.1) is 23.0 Å². The summed E-state index contributed by atoms with van der Waals surface area (Å²) in [5.41, 5.74) is 5.70. The molecule has 3 rings (SSSR count). The Hall–Kier alpha value is -1.73. The Labute approximate surface area is 151 Å². The van der Waals surface area contributed by atoms with Crippen molar-refractivity contribution in [2.45, 2.75) is 19.8 Å². The number of carbonyl (C=O) groups excluding carboxylic acids is 2. The average molecular weight is 374 g/mol. The number of rotatable bonds is 3. The van der Waals surface area contributed by atoms with Crippen molar-refractivity contribution in [1.29, 1.82) is 0 Å². The fraction of sp³-hybridized carbons (Fsp3) is 0.529. The number of halogens is 3. The van der Waals surface area contributed by atoms with E-state index in [4.69, 9.17) is 5.73 Å². The number of hydrogen-bond acceptors (Lipinski definition) is 3. The molecule has 1 aromatic carbocycles. The molecule has 2 aliphatic heterocycles. The maximum Gasteiger partial charge on any atom is 0.228 e. The first-order valence-corrected chi connectivity index (χ1v) is 8.07. The van der Waals surface area contributed by atoms with Gasteiger partial charge in [0.2, 0.25) is 11.8 Å². The Morgan fingerprint density at radius 2 is 2.12 bits per heavy atom. The maximum absolute atomic E-state index is 13.9. The molecule has 2 unspecified atom stereocenters. The summed E-state index contributed by atoms with van der Waals surface area (Å²) in [6, 6.07) is 3.08. The van der Waals surface area contributed by atoms with E-state index in [1.807, 2.05) is 6.92 Å². The molecule has 2 amide bonds. The number of amides is 2. The molecule has 2 aliphatic rings. The first-order chi connectivity index (χ1) is 11.3. The summed E-state index contributed by atoms with van der Waals surface area (Å²) in [6.45, 7) is 3.88. The molecule has 8 heteroatoms. The highest BCUT2D eigenvalue weighted by Gasteiger charge is 2.42. The summed E-state index contributed by atoms with van der Waals surface area (Å²) in [5, 5.41) is 0. The lowest BCUT2D eigenvalue weighted by molar-refractivity contribution is -0.135. The average Bonchev–Trinajstić information content (AvgIpc) is 3.11. The predicted octanol–water partition coefficient (Wildman–Crippen LogP) is 1.94. The highest BCUT2D eigenvalue weighted by atomic mass is 35.5. The normalized spacial score (nSPS) is 26.1. The van der Waals surface area contributed by atoms with Crippen molar-refractivity contribution < 1.29 is 18.4 Å². The van der Waals surface area contributed by atoms with E-state index in [1.165, 1.54) is 11.0 Å². The molecule has 5 nitrogen and oxygen atoms in total. The molecule has 0 aromatic heterocycles. The Morgan fingerprint density at radius 1 is 1.40 bits per heavy atom. The quantitative estimate of drug-likeness (QED) is 0.880. The van der Waals surface area contributed by atoms with Crippen LogP contribution < -0.4 is 10.6 Å². The number of hydrogen-bond donors (Lipinski definition) is 1. The van der Waals surface area contributed by atoms with Crippen LogP contribution in [0.15, 0.2) is 18.2 Å². The largest absolute Gasteiger partial charge is 0.342 e. The van der Waals surface area contributed by atoms with Crippen molar-refractivity contribution >= 4 is 29.9 Å². The zero-order valence-electron chi connectivity index (χ0n) is 14.0. The van der Waals surface area contributed by atoms with Gasteiger partial charge in [0.25, 0.3) is 0 Å². The van der Waals surface area contributed by atoms with Crippen molar-refractivity contribution in [3.05, 3.63) is 29.8 Å². The highest BCUT2D eigenvalue weighted by molar-refractivity contribution is 6.00. The van der Waals surface area contributed by atoms with Crippen LogP contribution in [0.1, 0.15) is 19.8 Å². The Kier molecular flexibility index (Phi) is 5.68. The number of benzene rings is 1. The number of likely N-dealkylation sites (tertiary alicyclic amines) is 1. The summed E-state index contributed by atoms with van der Waals surface area (Å²) in [5.74, 6) is -2.41. The number of nitrogens with two attached hydrogens (primary N) is 1. The number of anilines is 1. The summed E-state index contributed by atoms with van der Waals surface area (Å²) in [4.78, 5) is 27.8. The summed E-state index contributed by atoms with van der Waals surface area (Å²) in [7, 11) is 0. The Morgan fingerprint density at radius 3 is 2.72 bits per heavy atom. The third-order valence-corrected chi connectivity index (χ3v) is 5.04. The topological polar surface area (TPSA) is 66.6 Å². The van der Waals surface area contributed by atoms with Crippen molar-refractivity contribution in [2.24, 2.45) is 17.1 Å². The van der Waals surface area contributed by atoms with E-state index in [1.54, 1.807) is 4.90 Å². The van der Waals surface area contributed by atoms with E-state index in [-0.39, 0.29) is 48.3 Å². The molecule has 0 bridgehead atoms. The standard InChI is InChI=1S/C17H21F2N3O2.ClH/c1-17(9-20)4-5-21(10-17)16(24)11-6-15(23)22(8-11)14-3-2-12(18)7-13(14)19;/h2-3,7,11H,4-6,8-10,20H2,1H3;1H. The van der Waals surface area contributed by atoms with Gasteiger partial charge in [-0.3, -0.25) is 9.59 Å². The van der Waals surface area contributed by atoms with Crippen LogP contribution in [0.5, 0.6) is 0 Å². The van der Waals surface area contributed by atoms with Crippen LogP contribution in [0.3, 0.4) is 0 Å². The second-order valence-corrected chi connectivity index (χ2v) is 7.03. The van der Waals surface area contributed by atoms with Gasteiger partial charge in [-0.25, -0.2) is 8.78 Å². The monoisotopic (exact) mass is 373 g/mol. The molecule has 138 valence electrons. The van der Waals surface area contributed by atoms with E-state index in [9.17, 15) is 18.4 Å². The lowest BCUT2D eigenvalue weighted by Gasteiger charge is -2.24. The lowest BCUT2D eigenvalue weighted by atomic mass is 9.90. The zero-order chi connectivity index (χ0) is 17.5. The molecule has 2 saturated heterocycles. The van der Waals surface area contributed by atoms with Crippen LogP contribution >= 0.6 is 12.4 Å². The van der Waals surface area contributed by atoms with Gasteiger partial charge in [-0.2, -0.15) is 0 Å². The minimum Gasteiger partial charge on any atom is -0.342 e. The van der Waals surface area contributed by atoms with Crippen molar-refractivity contribution in [2.75, 3.05) is 31.1 Å². The van der Waals surface area contributed by atoms with Gasteiger partial charge in [0.15, 0.2) is 0 Å². The minimum absolute atomic E-state index is 0. The predicted molar refractivity (Wildman–Crippen MR) is 92.4 cm³/mol. The minimum atomic E-state index is -0.798. The van der Waals surface area contributed by atoms with Gasteiger partial charge < -0.3 is 15.5 Å². The van der Waals surface area contributed by atoms with Crippen molar-refractivity contribution in [3.8, 4) is 0 Å². The van der Waals surface area contributed by atoms with Gasteiger partial charge in [-0.15, -0.1) is 12.4 Å². The van der Waals surface area contributed by atoms with Crippen LogP contribution in [0.4, 0.5) is 14.5 Å². The molecular weight excluding hydrogens is 352 g/mol. The summed E-state index contributed by atoms with van der Waals surface area (Å²) < 4.78 is 26.9.